The standard InChI is InChI=1S/C26H32N2O5/c1-26(2,3)33-25(30)28-12-11-22(17-5-8-20(31-4)9-6-17)19(15-28)16-32-21-10-7-18-14-27-24(29)23(18)13-21/h5-10,13,19,22H,11-12,14-16H2,1-4H3,(H,27,29). The maximum atomic E-state index is 12.7. The molecular weight excluding hydrogens is 420 g/mol. The van der Waals surface area contributed by atoms with Crippen molar-refractivity contribution in [3.8, 4) is 11.5 Å². The number of fused-ring (bicyclic) bond motifs is 1. The summed E-state index contributed by atoms with van der Waals surface area (Å²) >= 11 is 0. The highest BCUT2D eigenvalue weighted by Gasteiger charge is 2.35. The van der Waals surface area contributed by atoms with E-state index in [2.05, 4.69) is 17.4 Å². The Labute approximate surface area is 195 Å². The van der Waals surface area contributed by atoms with Gasteiger partial charge in [0.05, 0.1) is 13.7 Å². The monoisotopic (exact) mass is 452 g/mol. The van der Waals surface area contributed by atoms with Crippen LogP contribution in [0.1, 0.15) is 54.6 Å². The second-order valence-electron chi connectivity index (χ2n) is 9.67. The van der Waals surface area contributed by atoms with Crippen LogP contribution in [-0.4, -0.2) is 49.3 Å². The Balaban J connectivity index is 1.51. The van der Waals surface area contributed by atoms with Crippen molar-refractivity contribution in [3.05, 3.63) is 59.2 Å². The molecule has 2 aromatic carbocycles. The molecule has 4 rings (SSSR count). The van der Waals surface area contributed by atoms with Crippen LogP contribution in [0, 0.1) is 5.92 Å². The molecule has 0 radical (unpaired) electrons. The van der Waals surface area contributed by atoms with Gasteiger partial charge in [-0.3, -0.25) is 4.79 Å². The van der Waals surface area contributed by atoms with Gasteiger partial charge in [0.2, 0.25) is 0 Å². The smallest absolute Gasteiger partial charge is 0.410 e. The lowest BCUT2D eigenvalue weighted by Crippen LogP contribution is -2.46. The fraction of sp³-hybridized carbons (Fsp3) is 0.462. The van der Waals surface area contributed by atoms with Crippen molar-refractivity contribution in [2.75, 3.05) is 26.8 Å². The van der Waals surface area contributed by atoms with Crippen LogP contribution < -0.4 is 14.8 Å². The lowest BCUT2D eigenvalue weighted by molar-refractivity contribution is 0.0111. The lowest BCUT2D eigenvalue weighted by atomic mass is 9.81. The Morgan fingerprint density at radius 3 is 2.55 bits per heavy atom. The number of carbonyl (C=O) groups excluding carboxylic acids is 2. The van der Waals surface area contributed by atoms with E-state index in [4.69, 9.17) is 14.2 Å². The topological polar surface area (TPSA) is 77.1 Å². The van der Waals surface area contributed by atoms with E-state index in [9.17, 15) is 9.59 Å². The van der Waals surface area contributed by atoms with E-state index in [1.807, 2.05) is 45.0 Å². The van der Waals surface area contributed by atoms with E-state index < -0.39 is 5.60 Å². The molecule has 1 saturated heterocycles. The van der Waals surface area contributed by atoms with Crippen LogP contribution in [-0.2, 0) is 11.3 Å². The zero-order valence-corrected chi connectivity index (χ0v) is 19.7. The summed E-state index contributed by atoms with van der Waals surface area (Å²) in [5.74, 6) is 1.71. The summed E-state index contributed by atoms with van der Waals surface area (Å²) in [4.78, 5) is 26.5. The number of nitrogens with one attached hydrogen (secondary N) is 1. The molecule has 2 heterocycles. The fourth-order valence-corrected chi connectivity index (χ4v) is 4.47. The average molecular weight is 453 g/mol. The van der Waals surface area contributed by atoms with Crippen LogP contribution >= 0.6 is 0 Å². The van der Waals surface area contributed by atoms with E-state index >= 15 is 0 Å². The molecule has 2 aliphatic rings. The van der Waals surface area contributed by atoms with Crippen molar-refractivity contribution in [1.82, 2.24) is 10.2 Å². The van der Waals surface area contributed by atoms with Gasteiger partial charge in [-0.1, -0.05) is 18.2 Å². The van der Waals surface area contributed by atoms with E-state index in [1.54, 1.807) is 18.1 Å². The number of likely N-dealkylation sites (tertiary alicyclic amines) is 1. The maximum Gasteiger partial charge on any atom is 0.410 e. The Hall–Kier alpha value is -3.22. The van der Waals surface area contributed by atoms with E-state index in [1.165, 1.54) is 5.56 Å². The number of rotatable bonds is 5. The molecule has 0 spiro atoms. The van der Waals surface area contributed by atoms with Crippen molar-refractivity contribution in [3.63, 3.8) is 0 Å². The number of hydrogen-bond acceptors (Lipinski definition) is 5. The molecule has 1 fully saturated rings. The molecule has 33 heavy (non-hydrogen) atoms. The SMILES string of the molecule is COc1ccc(C2CCN(C(=O)OC(C)(C)C)CC2COc2ccc3c(c2)C(=O)NC3)cc1. The number of piperidine rings is 1. The first-order valence-corrected chi connectivity index (χ1v) is 11.4. The van der Waals surface area contributed by atoms with Gasteiger partial charge in [0.1, 0.15) is 17.1 Å². The molecule has 2 amide bonds. The van der Waals surface area contributed by atoms with Crippen LogP contribution in [0.5, 0.6) is 11.5 Å². The van der Waals surface area contributed by atoms with Crippen LogP contribution in [0.4, 0.5) is 4.79 Å². The van der Waals surface area contributed by atoms with Crippen molar-refractivity contribution in [2.24, 2.45) is 5.92 Å². The van der Waals surface area contributed by atoms with Crippen molar-refractivity contribution >= 4 is 12.0 Å². The van der Waals surface area contributed by atoms with Crippen LogP contribution in [0.2, 0.25) is 0 Å². The van der Waals surface area contributed by atoms with Crippen LogP contribution in [0.3, 0.4) is 0 Å². The molecule has 1 N–H and O–H groups in total. The van der Waals surface area contributed by atoms with E-state index in [-0.39, 0.29) is 23.8 Å². The predicted molar refractivity (Wildman–Crippen MR) is 125 cm³/mol. The van der Waals surface area contributed by atoms with Crippen LogP contribution in [0.25, 0.3) is 0 Å². The van der Waals surface area contributed by atoms with Crippen molar-refractivity contribution in [1.29, 1.82) is 0 Å². The summed E-state index contributed by atoms with van der Waals surface area (Å²) < 4.78 is 17.1. The Morgan fingerprint density at radius 2 is 1.85 bits per heavy atom. The zero-order valence-electron chi connectivity index (χ0n) is 19.7. The molecule has 2 aliphatic heterocycles. The minimum atomic E-state index is -0.541. The molecule has 7 nitrogen and oxygen atoms in total. The number of benzene rings is 2. The highest BCUT2D eigenvalue weighted by Crippen LogP contribution is 2.35. The minimum absolute atomic E-state index is 0.0691. The average Bonchev–Trinajstić information content (AvgIpc) is 3.16. The van der Waals surface area contributed by atoms with Gasteiger partial charge in [-0.25, -0.2) is 4.79 Å². The normalized spacial score (nSPS) is 20.1. The molecule has 7 heteroatoms. The van der Waals surface area contributed by atoms with Gasteiger partial charge in [0.25, 0.3) is 5.91 Å². The second kappa shape index (κ2) is 9.33. The van der Waals surface area contributed by atoms with Crippen molar-refractivity contribution < 1.29 is 23.8 Å². The summed E-state index contributed by atoms with van der Waals surface area (Å²) in [7, 11) is 1.65. The van der Waals surface area contributed by atoms with E-state index in [0.717, 1.165) is 17.7 Å². The zero-order chi connectivity index (χ0) is 23.6. The first kappa shape index (κ1) is 23.0. The Kier molecular flexibility index (Phi) is 6.49. The molecular formula is C26H32N2O5. The Morgan fingerprint density at radius 1 is 1.12 bits per heavy atom. The third kappa shape index (κ3) is 5.41. The first-order valence-electron chi connectivity index (χ1n) is 11.4. The molecule has 2 unspecified atom stereocenters. The molecule has 2 aromatic rings. The van der Waals surface area contributed by atoms with Gasteiger partial charge >= 0.3 is 6.09 Å². The first-order chi connectivity index (χ1) is 15.7. The summed E-state index contributed by atoms with van der Waals surface area (Å²) in [5.41, 5.74) is 2.30. The third-order valence-electron chi connectivity index (χ3n) is 6.16. The highest BCUT2D eigenvalue weighted by molar-refractivity contribution is 5.98. The summed E-state index contributed by atoms with van der Waals surface area (Å²) in [5, 5.41) is 2.83. The van der Waals surface area contributed by atoms with Gasteiger partial charge in [-0.2, -0.15) is 0 Å². The summed E-state index contributed by atoms with van der Waals surface area (Å²) in [6, 6.07) is 13.7. The van der Waals surface area contributed by atoms with E-state index in [0.29, 0.717) is 37.6 Å². The second-order valence-corrected chi connectivity index (χ2v) is 9.67. The molecule has 0 saturated carbocycles. The molecule has 176 valence electrons. The fourth-order valence-electron chi connectivity index (χ4n) is 4.47. The highest BCUT2D eigenvalue weighted by atomic mass is 16.6. The number of nitrogens with zero attached hydrogens (tertiary/aromatic N) is 1. The van der Waals surface area contributed by atoms with Gasteiger partial charge in [-0.15, -0.1) is 0 Å². The molecule has 0 aliphatic carbocycles. The number of ether oxygens (including phenoxy) is 3. The number of carbonyl (C=O) groups is 2. The number of methoxy groups -OCH3 is 1. The van der Waals surface area contributed by atoms with Gasteiger partial charge in [0.15, 0.2) is 0 Å². The van der Waals surface area contributed by atoms with Crippen molar-refractivity contribution in [2.45, 2.75) is 45.3 Å². The maximum absolute atomic E-state index is 12.7. The largest absolute Gasteiger partial charge is 0.497 e. The quantitative estimate of drug-likeness (QED) is 0.730. The summed E-state index contributed by atoms with van der Waals surface area (Å²) in [6.45, 7) is 7.77. The molecule has 0 bridgehead atoms. The number of hydrogen-bond donors (Lipinski definition) is 1. The van der Waals surface area contributed by atoms with Gasteiger partial charge in [0, 0.05) is 31.1 Å². The minimum Gasteiger partial charge on any atom is -0.497 e. The number of amides is 2. The predicted octanol–water partition coefficient (Wildman–Crippen LogP) is 4.36. The summed E-state index contributed by atoms with van der Waals surface area (Å²) in [6.07, 6.45) is 0.515. The molecule has 0 aromatic heterocycles. The van der Waals surface area contributed by atoms with Gasteiger partial charge in [-0.05, 0) is 68.5 Å². The Bertz CT molecular complexity index is 1010. The van der Waals surface area contributed by atoms with Gasteiger partial charge < -0.3 is 24.4 Å². The molecule has 2 atom stereocenters. The third-order valence-corrected chi connectivity index (χ3v) is 6.16. The van der Waals surface area contributed by atoms with Crippen LogP contribution in [0.15, 0.2) is 42.5 Å². The lowest BCUT2D eigenvalue weighted by Gasteiger charge is -2.39.